The zero-order valence-corrected chi connectivity index (χ0v) is 11.8. The topological polar surface area (TPSA) is 41.6 Å². The second-order valence-electron chi connectivity index (χ2n) is 5.31. The number of benzene rings is 1. The summed E-state index contributed by atoms with van der Waals surface area (Å²) in [6, 6.07) is 9.73. The second-order valence-corrected chi connectivity index (χ2v) is 5.31. The van der Waals surface area contributed by atoms with E-state index in [0.29, 0.717) is 19.5 Å². The minimum Gasteiger partial charge on any atom is -0.381 e. The molecule has 1 unspecified atom stereocenters. The van der Waals surface area contributed by atoms with E-state index in [1.807, 2.05) is 35.2 Å². The number of carbonyl (C=O) groups excluding carboxylic acids is 1. The zero-order chi connectivity index (χ0) is 14.4. The fourth-order valence-corrected chi connectivity index (χ4v) is 2.48. The Morgan fingerprint density at radius 2 is 2.20 bits per heavy atom. The van der Waals surface area contributed by atoms with Crippen LogP contribution in [0.3, 0.4) is 0 Å². The van der Waals surface area contributed by atoms with Crippen LogP contribution in [0.25, 0.3) is 0 Å². The Morgan fingerprint density at radius 3 is 2.90 bits per heavy atom. The lowest BCUT2D eigenvalue weighted by Gasteiger charge is -2.19. The first-order valence-electron chi connectivity index (χ1n) is 6.82. The Kier molecular flexibility index (Phi) is 5.09. The summed E-state index contributed by atoms with van der Waals surface area (Å²) < 4.78 is 19.1. The van der Waals surface area contributed by atoms with Crippen molar-refractivity contribution >= 4 is 5.91 Å². The van der Waals surface area contributed by atoms with Gasteiger partial charge in [0.25, 0.3) is 0 Å². The molecule has 1 aliphatic heterocycles. The van der Waals surface area contributed by atoms with E-state index in [9.17, 15) is 9.18 Å². The molecule has 1 aliphatic rings. The van der Waals surface area contributed by atoms with E-state index in [-0.39, 0.29) is 25.6 Å². The van der Waals surface area contributed by atoms with E-state index in [1.54, 1.807) is 0 Å². The highest BCUT2D eigenvalue weighted by atomic mass is 19.1. The number of nitrogens with one attached hydrogen (secondary N) is 1. The predicted molar refractivity (Wildman–Crippen MR) is 75.1 cm³/mol. The molecule has 4 nitrogen and oxygen atoms in total. The van der Waals surface area contributed by atoms with Crippen molar-refractivity contribution in [2.24, 2.45) is 0 Å². The number of nitrogens with zero attached hydrogens (tertiary/aromatic N) is 1. The monoisotopic (exact) mass is 280 g/mol. The van der Waals surface area contributed by atoms with Crippen LogP contribution in [0.2, 0.25) is 0 Å². The number of amides is 1. The first-order valence-corrected chi connectivity index (χ1v) is 6.82. The van der Waals surface area contributed by atoms with Crippen LogP contribution < -0.4 is 5.32 Å². The van der Waals surface area contributed by atoms with Crippen molar-refractivity contribution in [3.05, 3.63) is 35.9 Å². The number of rotatable bonds is 6. The van der Waals surface area contributed by atoms with Crippen molar-refractivity contribution in [1.29, 1.82) is 0 Å². The molecule has 1 aromatic rings. The summed E-state index contributed by atoms with van der Waals surface area (Å²) in [5, 5.41) is 2.85. The molecule has 0 saturated carbocycles. The summed E-state index contributed by atoms with van der Waals surface area (Å²) in [7, 11) is 1.50. The van der Waals surface area contributed by atoms with E-state index in [0.717, 1.165) is 5.56 Å². The van der Waals surface area contributed by atoms with E-state index in [1.165, 1.54) is 7.11 Å². The molecule has 1 N–H and O–H groups in total. The molecule has 1 saturated heterocycles. The Labute approximate surface area is 118 Å². The molecule has 1 atom stereocenters. The lowest BCUT2D eigenvalue weighted by atomic mass is 10.1. The molecule has 2 rings (SSSR count). The average molecular weight is 280 g/mol. The predicted octanol–water partition coefficient (Wildman–Crippen LogP) is 1.36. The first kappa shape index (κ1) is 14.9. The van der Waals surface area contributed by atoms with Crippen molar-refractivity contribution in [1.82, 2.24) is 10.2 Å². The Hall–Kier alpha value is -1.46. The smallest absolute Gasteiger partial charge is 0.234 e. The van der Waals surface area contributed by atoms with Crippen molar-refractivity contribution < 1.29 is 13.9 Å². The maximum absolute atomic E-state index is 14.2. The Balaban J connectivity index is 1.73. The van der Waals surface area contributed by atoms with Gasteiger partial charge in [0.1, 0.15) is 5.67 Å². The van der Waals surface area contributed by atoms with Gasteiger partial charge in [-0.2, -0.15) is 0 Å². The number of carbonyl (C=O) groups is 1. The van der Waals surface area contributed by atoms with Gasteiger partial charge in [-0.15, -0.1) is 0 Å². The van der Waals surface area contributed by atoms with Gasteiger partial charge in [-0.1, -0.05) is 30.3 Å². The minimum atomic E-state index is -1.31. The fourth-order valence-electron chi connectivity index (χ4n) is 2.48. The highest BCUT2D eigenvalue weighted by Gasteiger charge is 2.38. The van der Waals surface area contributed by atoms with Crippen molar-refractivity contribution in [2.75, 3.05) is 33.4 Å². The van der Waals surface area contributed by atoms with E-state index in [2.05, 4.69) is 5.32 Å². The van der Waals surface area contributed by atoms with Crippen LogP contribution in [0.5, 0.6) is 0 Å². The fraction of sp³-hybridized carbons (Fsp3) is 0.533. The van der Waals surface area contributed by atoms with E-state index >= 15 is 0 Å². The van der Waals surface area contributed by atoms with Gasteiger partial charge in [0.2, 0.25) is 5.91 Å². The summed E-state index contributed by atoms with van der Waals surface area (Å²) in [5.41, 5.74) is -0.254. The summed E-state index contributed by atoms with van der Waals surface area (Å²) >= 11 is 0. The van der Waals surface area contributed by atoms with Gasteiger partial charge in [-0.3, -0.25) is 9.69 Å². The Morgan fingerprint density at radius 1 is 1.45 bits per heavy atom. The number of likely N-dealkylation sites (tertiary alicyclic amines) is 1. The van der Waals surface area contributed by atoms with Gasteiger partial charge in [0.15, 0.2) is 0 Å². The summed E-state index contributed by atoms with van der Waals surface area (Å²) in [6.07, 6.45) is 0.423. The van der Waals surface area contributed by atoms with Gasteiger partial charge < -0.3 is 10.1 Å². The highest BCUT2D eigenvalue weighted by molar-refractivity contribution is 5.78. The van der Waals surface area contributed by atoms with Crippen LogP contribution in [-0.2, 0) is 16.1 Å². The molecule has 1 fully saturated rings. The minimum absolute atomic E-state index is 0.0736. The molecule has 110 valence electrons. The van der Waals surface area contributed by atoms with Gasteiger partial charge in [-0.05, 0) is 12.0 Å². The van der Waals surface area contributed by atoms with Crippen LogP contribution in [0.15, 0.2) is 30.3 Å². The van der Waals surface area contributed by atoms with Crippen LogP contribution in [0.4, 0.5) is 4.39 Å². The molecule has 0 aromatic heterocycles. The quantitative estimate of drug-likeness (QED) is 0.855. The van der Waals surface area contributed by atoms with Crippen LogP contribution in [0, 0.1) is 0 Å². The maximum atomic E-state index is 14.2. The third-order valence-electron chi connectivity index (χ3n) is 3.49. The molecular formula is C15H21FN2O2. The Bertz CT molecular complexity index is 441. The van der Waals surface area contributed by atoms with Crippen molar-refractivity contribution in [2.45, 2.75) is 18.6 Å². The highest BCUT2D eigenvalue weighted by Crippen LogP contribution is 2.25. The second kappa shape index (κ2) is 6.81. The first-order chi connectivity index (χ1) is 9.61. The van der Waals surface area contributed by atoms with E-state index < -0.39 is 5.67 Å². The van der Waals surface area contributed by atoms with Gasteiger partial charge in [0, 0.05) is 26.7 Å². The lowest BCUT2D eigenvalue weighted by Crippen LogP contribution is -2.39. The molecule has 1 heterocycles. The molecular weight excluding hydrogens is 259 g/mol. The SMILES string of the molecule is COCC1(F)CCN(CC(=O)NCc2ccccc2)C1. The van der Waals surface area contributed by atoms with Crippen LogP contribution in [0.1, 0.15) is 12.0 Å². The maximum Gasteiger partial charge on any atom is 0.234 e. The van der Waals surface area contributed by atoms with Gasteiger partial charge in [-0.25, -0.2) is 4.39 Å². The normalized spacial score (nSPS) is 22.9. The van der Waals surface area contributed by atoms with Gasteiger partial charge in [0.05, 0.1) is 13.2 Å². The molecule has 1 amide bonds. The molecule has 0 bridgehead atoms. The summed E-state index contributed by atoms with van der Waals surface area (Å²) in [5.74, 6) is -0.0736. The molecule has 0 spiro atoms. The lowest BCUT2D eigenvalue weighted by molar-refractivity contribution is -0.122. The molecule has 5 heteroatoms. The molecule has 0 aliphatic carbocycles. The molecule has 20 heavy (non-hydrogen) atoms. The van der Waals surface area contributed by atoms with Crippen molar-refractivity contribution in [3.8, 4) is 0 Å². The number of ether oxygens (including phenoxy) is 1. The zero-order valence-electron chi connectivity index (χ0n) is 11.8. The van der Waals surface area contributed by atoms with Gasteiger partial charge >= 0.3 is 0 Å². The molecule has 0 radical (unpaired) electrons. The number of methoxy groups -OCH3 is 1. The number of halogens is 1. The van der Waals surface area contributed by atoms with Crippen molar-refractivity contribution in [3.63, 3.8) is 0 Å². The van der Waals surface area contributed by atoms with Crippen LogP contribution in [-0.4, -0.2) is 49.8 Å². The largest absolute Gasteiger partial charge is 0.381 e. The summed E-state index contributed by atoms with van der Waals surface area (Å²) in [4.78, 5) is 13.7. The third kappa shape index (κ3) is 4.28. The standard InChI is InChI=1S/C15H21FN2O2/c1-20-12-15(16)7-8-18(11-15)10-14(19)17-9-13-5-3-2-4-6-13/h2-6H,7-12H2,1H3,(H,17,19). The molecule has 1 aromatic carbocycles. The summed E-state index contributed by atoms with van der Waals surface area (Å²) in [6.45, 7) is 1.70. The van der Waals surface area contributed by atoms with E-state index in [4.69, 9.17) is 4.74 Å². The third-order valence-corrected chi connectivity index (χ3v) is 3.49. The number of alkyl halides is 1. The number of hydrogen-bond donors (Lipinski definition) is 1. The average Bonchev–Trinajstić information content (AvgIpc) is 2.79. The number of hydrogen-bond acceptors (Lipinski definition) is 3. The van der Waals surface area contributed by atoms with Crippen LogP contribution >= 0.6 is 0 Å².